The Morgan fingerprint density at radius 3 is 2.71 bits per heavy atom. The van der Waals surface area contributed by atoms with Crippen LogP contribution in [0.15, 0.2) is 48.5 Å². The molecule has 0 spiro atoms. The first kappa shape index (κ1) is 13.6. The SMILES string of the molecule is CN(C(=O)[C@@H]1Cc2ccccc2CN1)c1cccc(O)c1. The Morgan fingerprint density at radius 1 is 1.19 bits per heavy atom. The van der Waals surface area contributed by atoms with Crippen molar-refractivity contribution in [3.63, 3.8) is 0 Å². The van der Waals surface area contributed by atoms with Crippen LogP contribution < -0.4 is 10.2 Å². The second-order valence-electron chi connectivity index (χ2n) is 5.32. The molecule has 1 atom stereocenters. The first-order valence-corrected chi connectivity index (χ1v) is 7.02. The van der Waals surface area contributed by atoms with Gasteiger partial charge in [0.15, 0.2) is 0 Å². The molecule has 0 radical (unpaired) electrons. The summed E-state index contributed by atoms with van der Waals surface area (Å²) in [6, 6.07) is 14.7. The first-order valence-electron chi connectivity index (χ1n) is 7.02. The number of phenolic OH excluding ortho intramolecular Hbond substituents is 1. The third-order valence-electron chi connectivity index (χ3n) is 3.93. The fourth-order valence-electron chi connectivity index (χ4n) is 2.69. The quantitative estimate of drug-likeness (QED) is 0.886. The number of rotatable bonds is 2. The van der Waals surface area contributed by atoms with Gasteiger partial charge in [-0.3, -0.25) is 4.79 Å². The maximum absolute atomic E-state index is 12.6. The second kappa shape index (κ2) is 5.58. The fourth-order valence-corrected chi connectivity index (χ4v) is 2.69. The Morgan fingerprint density at radius 2 is 1.95 bits per heavy atom. The maximum atomic E-state index is 12.6. The zero-order valence-corrected chi connectivity index (χ0v) is 11.9. The number of nitrogens with zero attached hydrogens (tertiary/aromatic N) is 1. The zero-order chi connectivity index (χ0) is 14.8. The number of hydrogen-bond donors (Lipinski definition) is 2. The third kappa shape index (κ3) is 2.76. The summed E-state index contributed by atoms with van der Waals surface area (Å²) in [6.07, 6.45) is 0.693. The highest BCUT2D eigenvalue weighted by Gasteiger charge is 2.26. The molecule has 2 N–H and O–H groups in total. The number of phenols is 1. The van der Waals surface area contributed by atoms with Crippen molar-refractivity contribution >= 4 is 11.6 Å². The van der Waals surface area contributed by atoms with E-state index in [1.54, 1.807) is 30.1 Å². The van der Waals surface area contributed by atoms with Crippen LogP contribution in [-0.2, 0) is 17.8 Å². The lowest BCUT2D eigenvalue weighted by molar-refractivity contribution is -0.120. The van der Waals surface area contributed by atoms with Gasteiger partial charge in [0.25, 0.3) is 0 Å². The van der Waals surface area contributed by atoms with Crippen LogP contribution in [0.1, 0.15) is 11.1 Å². The second-order valence-corrected chi connectivity index (χ2v) is 5.32. The van der Waals surface area contributed by atoms with Gasteiger partial charge in [-0.05, 0) is 29.7 Å². The molecule has 108 valence electrons. The number of fused-ring (bicyclic) bond motifs is 1. The van der Waals surface area contributed by atoms with Crippen molar-refractivity contribution in [3.8, 4) is 5.75 Å². The molecule has 0 bridgehead atoms. The molecule has 0 saturated heterocycles. The molecule has 3 rings (SSSR count). The average molecular weight is 282 g/mol. The number of carbonyl (C=O) groups excluding carboxylic acids is 1. The van der Waals surface area contributed by atoms with Crippen molar-refractivity contribution < 1.29 is 9.90 Å². The van der Waals surface area contributed by atoms with Crippen LogP contribution in [0.3, 0.4) is 0 Å². The summed E-state index contributed by atoms with van der Waals surface area (Å²) < 4.78 is 0. The van der Waals surface area contributed by atoms with E-state index in [4.69, 9.17) is 0 Å². The molecule has 0 unspecified atom stereocenters. The van der Waals surface area contributed by atoms with Crippen molar-refractivity contribution in [3.05, 3.63) is 59.7 Å². The molecule has 1 amide bonds. The molecule has 0 saturated carbocycles. The van der Waals surface area contributed by atoms with E-state index in [-0.39, 0.29) is 17.7 Å². The van der Waals surface area contributed by atoms with E-state index in [9.17, 15) is 9.90 Å². The van der Waals surface area contributed by atoms with Crippen molar-refractivity contribution in [2.45, 2.75) is 19.0 Å². The average Bonchev–Trinajstić information content (AvgIpc) is 2.53. The van der Waals surface area contributed by atoms with E-state index in [0.29, 0.717) is 18.7 Å². The maximum Gasteiger partial charge on any atom is 0.244 e. The summed E-state index contributed by atoms with van der Waals surface area (Å²) in [7, 11) is 1.74. The summed E-state index contributed by atoms with van der Waals surface area (Å²) in [5.41, 5.74) is 3.17. The molecular weight excluding hydrogens is 264 g/mol. The van der Waals surface area contributed by atoms with Gasteiger partial charge in [-0.1, -0.05) is 30.3 Å². The molecule has 1 aliphatic rings. The molecule has 0 aliphatic carbocycles. The van der Waals surface area contributed by atoms with Crippen LogP contribution in [0.2, 0.25) is 0 Å². The van der Waals surface area contributed by atoms with Gasteiger partial charge in [0, 0.05) is 25.3 Å². The van der Waals surface area contributed by atoms with Crippen molar-refractivity contribution in [1.82, 2.24) is 5.32 Å². The number of likely N-dealkylation sites (N-methyl/N-ethyl adjacent to an activating group) is 1. The van der Waals surface area contributed by atoms with Crippen LogP contribution in [0.25, 0.3) is 0 Å². The first-order chi connectivity index (χ1) is 10.1. The van der Waals surface area contributed by atoms with Crippen LogP contribution in [0.4, 0.5) is 5.69 Å². The molecule has 1 aliphatic heterocycles. The molecule has 2 aromatic rings. The predicted octanol–water partition coefficient (Wildman–Crippen LogP) is 2.07. The lowest BCUT2D eigenvalue weighted by atomic mass is 9.95. The standard InChI is InChI=1S/C17H18N2O2/c1-19(14-7-4-8-15(20)10-14)17(21)16-9-12-5-2-3-6-13(12)11-18-16/h2-8,10,16,18,20H,9,11H2,1H3/t16-/m0/s1. The molecule has 4 nitrogen and oxygen atoms in total. The summed E-state index contributed by atoms with van der Waals surface area (Å²) in [5.74, 6) is 0.171. The lowest BCUT2D eigenvalue weighted by Crippen LogP contribution is -2.48. The van der Waals surface area contributed by atoms with Gasteiger partial charge in [0.1, 0.15) is 5.75 Å². The minimum absolute atomic E-state index is 0.00935. The van der Waals surface area contributed by atoms with Gasteiger partial charge in [0.05, 0.1) is 6.04 Å². The number of benzene rings is 2. The van der Waals surface area contributed by atoms with Crippen LogP contribution in [-0.4, -0.2) is 24.1 Å². The van der Waals surface area contributed by atoms with Gasteiger partial charge >= 0.3 is 0 Å². The van der Waals surface area contributed by atoms with Crippen LogP contribution >= 0.6 is 0 Å². The van der Waals surface area contributed by atoms with Gasteiger partial charge in [-0.2, -0.15) is 0 Å². The van der Waals surface area contributed by atoms with Crippen molar-refractivity contribution in [2.24, 2.45) is 0 Å². The topological polar surface area (TPSA) is 52.6 Å². The Labute approximate surface area is 124 Å². The largest absolute Gasteiger partial charge is 0.508 e. The Bertz CT molecular complexity index is 669. The molecule has 2 aromatic carbocycles. The Kier molecular flexibility index (Phi) is 3.62. The van der Waals surface area contributed by atoms with Crippen molar-refractivity contribution in [2.75, 3.05) is 11.9 Å². The lowest BCUT2D eigenvalue weighted by Gasteiger charge is -2.29. The summed E-state index contributed by atoms with van der Waals surface area (Å²) in [6.45, 7) is 0.709. The normalized spacial score (nSPS) is 17.1. The number of aromatic hydroxyl groups is 1. The highest BCUT2D eigenvalue weighted by molar-refractivity contribution is 5.97. The summed E-state index contributed by atoms with van der Waals surface area (Å²) in [5, 5.41) is 12.8. The van der Waals surface area contributed by atoms with E-state index in [1.165, 1.54) is 11.1 Å². The fraction of sp³-hybridized carbons (Fsp3) is 0.235. The Hall–Kier alpha value is -2.33. The monoisotopic (exact) mass is 282 g/mol. The molecule has 21 heavy (non-hydrogen) atoms. The van der Waals surface area contributed by atoms with E-state index >= 15 is 0 Å². The van der Waals surface area contributed by atoms with Gasteiger partial charge < -0.3 is 15.3 Å². The van der Waals surface area contributed by atoms with E-state index in [0.717, 1.165) is 0 Å². The summed E-state index contributed by atoms with van der Waals surface area (Å²) in [4.78, 5) is 14.2. The number of carbonyl (C=O) groups is 1. The number of amides is 1. The molecule has 1 heterocycles. The molecular formula is C17H18N2O2. The molecule has 0 aromatic heterocycles. The van der Waals surface area contributed by atoms with Crippen LogP contribution in [0.5, 0.6) is 5.75 Å². The Balaban J connectivity index is 1.77. The van der Waals surface area contributed by atoms with Gasteiger partial charge in [-0.15, -0.1) is 0 Å². The van der Waals surface area contributed by atoms with Gasteiger partial charge in [-0.25, -0.2) is 0 Å². The highest BCUT2D eigenvalue weighted by atomic mass is 16.3. The van der Waals surface area contributed by atoms with E-state index in [1.807, 2.05) is 18.2 Å². The highest BCUT2D eigenvalue weighted by Crippen LogP contribution is 2.22. The third-order valence-corrected chi connectivity index (χ3v) is 3.93. The van der Waals surface area contributed by atoms with Gasteiger partial charge in [0.2, 0.25) is 5.91 Å². The van der Waals surface area contributed by atoms with E-state index in [2.05, 4.69) is 17.4 Å². The molecule has 4 heteroatoms. The number of hydrogen-bond acceptors (Lipinski definition) is 3. The predicted molar refractivity (Wildman–Crippen MR) is 82.3 cm³/mol. The minimum Gasteiger partial charge on any atom is -0.508 e. The summed E-state index contributed by atoms with van der Waals surface area (Å²) >= 11 is 0. The smallest absolute Gasteiger partial charge is 0.244 e. The zero-order valence-electron chi connectivity index (χ0n) is 11.9. The minimum atomic E-state index is -0.229. The van der Waals surface area contributed by atoms with Crippen molar-refractivity contribution in [1.29, 1.82) is 0 Å². The molecule has 0 fully saturated rings. The van der Waals surface area contributed by atoms with E-state index < -0.39 is 0 Å². The van der Waals surface area contributed by atoms with Crippen LogP contribution in [0, 0.1) is 0 Å². The number of nitrogens with one attached hydrogen (secondary N) is 1. The number of anilines is 1.